The molecule has 0 amide bonds. The van der Waals surface area contributed by atoms with Gasteiger partial charge in [0.05, 0.1) is 13.2 Å². The predicted molar refractivity (Wildman–Crippen MR) is 97.6 cm³/mol. The van der Waals surface area contributed by atoms with E-state index in [9.17, 15) is 0 Å². The Morgan fingerprint density at radius 3 is 2.43 bits per heavy atom. The van der Waals surface area contributed by atoms with Crippen LogP contribution in [0.1, 0.15) is 38.5 Å². The van der Waals surface area contributed by atoms with E-state index in [1.165, 1.54) is 38.5 Å². The molecule has 2 aliphatic rings. The van der Waals surface area contributed by atoms with Crippen molar-refractivity contribution in [2.75, 3.05) is 12.4 Å². The quantitative estimate of drug-likeness (QED) is 0.461. The van der Waals surface area contributed by atoms with E-state index < -0.39 is 0 Å². The summed E-state index contributed by atoms with van der Waals surface area (Å²) in [6.07, 6.45) is 7.89. The number of hydrogen-bond donors (Lipinski definition) is 2. The Morgan fingerprint density at radius 1 is 1.24 bits per heavy atom. The van der Waals surface area contributed by atoms with E-state index in [1.807, 2.05) is 24.3 Å². The monoisotopic (exact) mass is 401 g/mol. The van der Waals surface area contributed by atoms with E-state index in [-0.39, 0.29) is 24.0 Å². The zero-order chi connectivity index (χ0) is 14.0. The van der Waals surface area contributed by atoms with Crippen LogP contribution >= 0.6 is 24.0 Å². The molecule has 0 aliphatic heterocycles. The van der Waals surface area contributed by atoms with Crippen molar-refractivity contribution < 1.29 is 4.74 Å². The minimum atomic E-state index is 0. The molecule has 0 saturated heterocycles. The first kappa shape index (κ1) is 16.4. The summed E-state index contributed by atoms with van der Waals surface area (Å²) in [6, 6.07) is 8.16. The van der Waals surface area contributed by atoms with E-state index in [0.717, 1.165) is 11.4 Å². The number of benzene rings is 1. The van der Waals surface area contributed by atoms with Gasteiger partial charge in [0.15, 0.2) is 5.96 Å². The minimum absolute atomic E-state index is 0. The zero-order valence-corrected chi connectivity index (χ0v) is 14.8. The summed E-state index contributed by atoms with van der Waals surface area (Å²) in [5, 5.41) is 3.17. The third kappa shape index (κ3) is 3.44. The van der Waals surface area contributed by atoms with Crippen molar-refractivity contribution in [2.45, 2.75) is 44.6 Å². The summed E-state index contributed by atoms with van der Waals surface area (Å²) < 4.78 is 5.14. The van der Waals surface area contributed by atoms with Crippen LogP contribution in [0.3, 0.4) is 0 Å². The lowest BCUT2D eigenvalue weighted by molar-refractivity contribution is 0.104. The highest BCUT2D eigenvalue weighted by molar-refractivity contribution is 14.0. The number of ether oxygens (including phenoxy) is 1. The topological polar surface area (TPSA) is 59.6 Å². The first-order chi connectivity index (χ1) is 9.72. The number of nitrogens with zero attached hydrogens (tertiary/aromatic N) is 1. The molecular formula is C16H24IN3O. The summed E-state index contributed by atoms with van der Waals surface area (Å²) in [5.41, 5.74) is 7.47. The minimum Gasteiger partial charge on any atom is -0.497 e. The van der Waals surface area contributed by atoms with Crippen LogP contribution < -0.4 is 15.8 Å². The van der Waals surface area contributed by atoms with Crippen molar-refractivity contribution in [3.05, 3.63) is 24.3 Å². The third-order valence-electron chi connectivity index (χ3n) is 4.88. The average molecular weight is 401 g/mol. The number of halogens is 1. The molecule has 5 heteroatoms. The predicted octanol–water partition coefficient (Wildman–Crippen LogP) is 3.76. The van der Waals surface area contributed by atoms with Crippen LogP contribution in [0.2, 0.25) is 0 Å². The maximum absolute atomic E-state index is 6.05. The van der Waals surface area contributed by atoms with Crippen LogP contribution in [0.4, 0.5) is 5.69 Å². The molecule has 3 N–H and O–H groups in total. The fraction of sp³-hybridized carbons (Fsp3) is 0.562. The highest BCUT2D eigenvalue weighted by Gasteiger charge is 2.48. The number of anilines is 1. The van der Waals surface area contributed by atoms with Gasteiger partial charge in [-0.25, -0.2) is 4.99 Å². The Hall–Kier alpha value is -0.980. The van der Waals surface area contributed by atoms with Crippen molar-refractivity contribution in [1.82, 2.24) is 0 Å². The second-order valence-electron chi connectivity index (χ2n) is 5.99. The molecule has 2 saturated carbocycles. The van der Waals surface area contributed by atoms with Gasteiger partial charge in [0.25, 0.3) is 0 Å². The summed E-state index contributed by atoms with van der Waals surface area (Å²) in [7, 11) is 1.66. The largest absolute Gasteiger partial charge is 0.497 e. The number of hydrogen-bond acceptors (Lipinski definition) is 2. The van der Waals surface area contributed by atoms with Gasteiger partial charge in [-0.1, -0.05) is 12.8 Å². The highest BCUT2D eigenvalue weighted by Crippen LogP contribution is 2.54. The van der Waals surface area contributed by atoms with Gasteiger partial charge < -0.3 is 15.8 Å². The van der Waals surface area contributed by atoms with Crippen LogP contribution in [-0.4, -0.2) is 19.1 Å². The van der Waals surface area contributed by atoms with Gasteiger partial charge >= 0.3 is 0 Å². The smallest absolute Gasteiger partial charge is 0.193 e. The Bertz CT molecular complexity index is 495. The number of methoxy groups -OCH3 is 1. The first-order valence-electron chi connectivity index (χ1n) is 7.46. The summed E-state index contributed by atoms with van der Waals surface area (Å²) in [4.78, 5) is 4.71. The molecule has 3 rings (SSSR count). The van der Waals surface area contributed by atoms with Gasteiger partial charge in [0, 0.05) is 5.69 Å². The molecule has 1 aromatic rings. The summed E-state index contributed by atoms with van der Waals surface area (Å²) in [5.74, 6) is 1.38. The Labute approximate surface area is 143 Å². The number of aliphatic imine (C=N–C) groups is 1. The van der Waals surface area contributed by atoms with E-state index in [2.05, 4.69) is 5.32 Å². The summed E-state index contributed by atoms with van der Waals surface area (Å²) >= 11 is 0. The molecule has 0 aromatic heterocycles. The molecule has 0 heterocycles. The second-order valence-corrected chi connectivity index (χ2v) is 5.99. The fourth-order valence-corrected chi connectivity index (χ4v) is 3.57. The molecule has 21 heavy (non-hydrogen) atoms. The maximum Gasteiger partial charge on any atom is 0.193 e. The van der Waals surface area contributed by atoms with Gasteiger partial charge in [-0.2, -0.15) is 0 Å². The van der Waals surface area contributed by atoms with Gasteiger partial charge in [0.1, 0.15) is 5.75 Å². The average Bonchev–Trinajstić information content (AvgIpc) is 2.97. The van der Waals surface area contributed by atoms with Crippen molar-refractivity contribution in [3.8, 4) is 5.75 Å². The molecule has 116 valence electrons. The number of rotatable bonds is 3. The normalized spacial score (nSPS) is 23.3. The van der Waals surface area contributed by atoms with Gasteiger partial charge in [-0.3, -0.25) is 0 Å². The van der Waals surface area contributed by atoms with Crippen LogP contribution in [0.25, 0.3) is 0 Å². The standard InChI is InChI=1S/C16H23N3O.HI/c1-20-13-6-4-12(5-7-13)18-15(17)19-14-8-11-16(14)9-2-3-10-16;/h4-7,14H,2-3,8-11H2,1H3,(H3,17,18,19);1H. The van der Waals surface area contributed by atoms with Crippen molar-refractivity contribution in [3.63, 3.8) is 0 Å². The fourth-order valence-electron chi connectivity index (χ4n) is 3.57. The molecule has 1 unspecified atom stereocenters. The number of nitrogens with two attached hydrogens (primary N) is 1. The van der Waals surface area contributed by atoms with E-state index in [0.29, 0.717) is 17.4 Å². The van der Waals surface area contributed by atoms with E-state index >= 15 is 0 Å². The second kappa shape index (κ2) is 6.85. The molecule has 1 atom stereocenters. The lowest BCUT2D eigenvalue weighted by Crippen LogP contribution is -2.43. The van der Waals surface area contributed by atoms with E-state index in [1.54, 1.807) is 7.11 Å². The molecule has 2 aliphatic carbocycles. The maximum atomic E-state index is 6.05. The van der Waals surface area contributed by atoms with E-state index in [4.69, 9.17) is 15.5 Å². The Balaban J connectivity index is 0.00000161. The summed E-state index contributed by atoms with van der Waals surface area (Å²) in [6.45, 7) is 0. The van der Waals surface area contributed by atoms with Crippen LogP contribution in [0.15, 0.2) is 29.3 Å². The molecule has 1 aromatic carbocycles. The van der Waals surface area contributed by atoms with Crippen LogP contribution in [-0.2, 0) is 0 Å². The highest BCUT2D eigenvalue weighted by atomic mass is 127. The number of nitrogens with one attached hydrogen (secondary N) is 1. The van der Waals surface area contributed by atoms with Gasteiger partial charge in [-0.05, 0) is 55.4 Å². The lowest BCUT2D eigenvalue weighted by Gasteiger charge is -2.45. The molecule has 0 radical (unpaired) electrons. The molecule has 4 nitrogen and oxygen atoms in total. The molecule has 0 bridgehead atoms. The van der Waals surface area contributed by atoms with Crippen LogP contribution in [0.5, 0.6) is 5.75 Å². The third-order valence-corrected chi connectivity index (χ3v) is 4.88. The van der Waals surface area contributed by atoms with Crippen molar-refractivity contribution in [2.24, 2.45) is 16.1 Å². The zero-order valence-electron chi connectivity index (χ0n) is 12.5. The number of guanidine groups is 1. The van der Waals surface area contributed by atoms with Crippen molar-refractivity contribution >= 4 is 35.6 Å². The molecular weight excluding hydrogens is 377 g/mol. The van der Waals surface area contributed by atoms with Crippen molar-refractivity contribution in [1.29, 1.82) is 0 Å². The molecule has 1 spiro atoms. The SMILES string of the molecule is COc1ccc(NC(N)=NC2CCC23CCCC3)cc1.I. The first-order valence-corrected chi connectivity index (χ1v) is 7.46. The van der Waals surface area contributed by atoms with Gasteiger partial charge in [-0.15, -0.1) is 24.0 Å². The van der Waals surface area contributed by atoms with Gasteiger partial charge in [0.2, 0.25) is 0 Å². The van der Waals surface area contributed by atoms with Crippen LogP contribution in [0, 0.1) is 5.41 Å². The molecule has 2 fully saturated rings. The Kier molecular flexibility index (Phi) is 5.35. The Morgan fingerprint density at radius 2 is 1.90 bits per heavy atom. The lowest BCUT2D eigenvalue weighted by atomic mass is 9.63.